The van der Waals surface area contributed by atoms with Crippen molar-refractivity contribution in [3.05, 3.63) is 30.1 Å². The summed E-state index contributed by atoms with van der Waals surface area (Å²) < 4.78 is 22.9. The Hall–Kier alpha value is -1.47. The summed E-state index contributed by atoms with van der Waals surface area (Å²) in [5, 5.41) is 2.85. The number of nitrogens with zero attached hydrogens (tertiary/aromatic N) is 2. The minimum absolute atomic E-state index is 0.0282. The van der Waals surface area contributed by atoms with Crippen LogP contribution in [-0.2, 0) is 21.2 Å². The number of hydrogen-bond acceptors (Lipinski definition) is 5. The van der Waals surface area contributed by atoms with Crippen molar-refractivity contribution < 1.29 is 13.2 Å². The maximum atomic E-state index is 11.8. The Labute approximate surface area is 125 Å². The molecule has 116 valence electrons. The molecule has 0 spiro atoms. The van der Waals surface area contributed by atoms with Crippen LogP contribution < -0.4 is 5.32 Å². The fourth-order valence-corrected chi connectivity index (χ4v) is 4.18. The number of amides is 1. The number of hydrogen-bond donors (Lipinski definition) is 1. The van der Waals surface area contributed by atoms with Crippen molar-refractivity contribution in [3.8, 4) is 0 Å². The quantitative estimate of drug-likeness (QED) is 0.812. The Kier molecular flexibility index (Phi) is 5.30. The molecule has 0 aliphatic carbocycles. The monoisotopic (exact) mass is 311 g/mol. The first kappa shape index (κ1) is 15.9. The summed E-state index contributed by atoms with van der Waals surface area (Å²) >= 11 is 0. The molecule has 21 heavy (non-hydrogen) atoms. The predicted octanol–water partition coefficient (Wildman–Crippen LogP) is 0.207. The van der Waals surface area contributed by atoms with Gasteiger partial charge < -0.3 is 10.2 Å². The van der Waals surface area contributed by atoms with Crippen molar-refractivity contribution in [1.82, 2.24) is 15.2 Å². The first-order valence-electron chi connectivity index (χ1n) is 7.02. The van der Waals surface area contributed by atoms with Crippen molar-refractivity contribution in [2.45, 2.75) is 25.4 Å². The lowest BCUT2D eigenvalue weighted by Gasteiger charge is -2.22. The van der Waals surface area contributed by atoms with Gasteiger partial charge in [-0.1, -0.05) is 0 Å². The second kappa shape index (κ2) is 7.00. The summed E-state index contributed by atoms with van der Waals surface area (Å²) in [5.74, 6) is 0.442. The van der Waals surface area contributed by atoms with E-state index in [-0.39, 0.29) is 23.5 Å². The van der Waals surface area contributed by atoms with Gasteiger partial charge in [-0.05, 0) is 31.2 Å². The number of rotatable bonds is 6. The van der Waals surface area contributed by atoms with Crippen LogP contribution in [0.5, 0.6) is 0 Å². The summed E-state index contributed by atoms with van der Waals surface area (Å²) in [4.78, 5) is 17.7. The number of nitrogens with one attached hydrogen (secondary N) is 1. The maximum Gasteiger partial charge on any atom is 0.221 e. The van der Waals surface area contributed by atoms with Crippen LogP contribution in [-0.4, -0.2) is 55.3 Å². The first-order chi connectivity index (χ1) is 9.96. The molecule has 1 atom stereocenters. The van der Waals surface area contributed by atoms with E-state index in [1.807, 2.05) is 24.1 Å². The van der Waals surface area contributed by atoms with Crippen molar-refractivity contribution in [3.63, 3.8) is 0 Å². The second-order valence-electron chi connectivity index (χ2n) is 5.42. The van der Waals surface area contributed by atoms with Crippen molar-refractivity contribution in [2.24, 2.45) is 0 Å². The zero-order chi connectivity index (χ0) is 15.3. The zero-order valence-electron chi connectivity index (χ0n) is 12.2. The lowest BCUT2D eigenvalue weighted by Crippen LogP contribution is -2.36. The van der Waals surface area contributed by atoms with Gasteiger partial charge in [-0.15, -0.1) is 0 Å². The van der Waals surface area contributed by atoms with Gasteiger partial charge in [-0.3, -0.25) is 9.78 Å². The Bertz CT molecular complexity index is 574. The van der Waals surface area contributed by atoms with Gasteiger partial charge >= 0.3 is 0 Å². The van der Waals surface area contributed by atoms with E-state index in [1.54, 1.807) is 12.4 Å². The molecular weight excluding hydrogens is 290 g/mol. The van der Waals surface area contributed by atoms with Crippen LogP contribution in [0.3, 0.4) is 0 Å². The van der Waals surface area contributed by atoms with Crippen LogP contribution in [0, 0.1) is 0 Å². The lowest BCUT2D eigenvalue weighted by molar-refractivity contribution is -0.121. The summed E-state index contributed by atoms with van der Waals surface area (Å²) in [5.41, 5.74) is 1.01. The molecule has 1 saturated heterocycles. The third-order valence-corrected chi connectivity index (χ3v) is 5.51. The van der Waals surface area contributed by atoms with Crippen LogP contribution in [0.2, 0.25) is 0 Å². The second-order valence-corrected chi connectivity index (χ2v) is 7.65. The van der Waals surface area contributed by atoms with Gasteiger partial charge in [-0.2, -0.15) is 0 Å². The molecule has 6 nitrogen and oxygen atoms in total. The average molecular weight is 311 g/mol. The maximum absolute atomic E-state index is 11.8. The highest BCUT2D eigenvalue weighted by Gasteiger charge is 2.30. The molecule has 7 heteroatoms. The molecule has 0 bridgehead atoms. The fraction of sp³-hybridized carbons (Fsp3) is 0.571. The minimum Gasteiger partial charge on any atom is -0.352 e. The van der Waals surface area contributed by atoms with Crippen molar-refractivity contribution in [2.75, 3.05) is 25.1 Å². The van der Waals surface area contributed by atoms with Crippen LogP contribution in [0.15, 0.2) is 24.5 Å². The molecule has 1 aliphatic rings. The smallest absolute Gasteiger partial charge is 0.221 e. The molecule has 2 heterocycles. The first-order valence-corrected chi connectivity index (χ1v) is 8.85. The van der Waals surface area contributed by atoms with Crippen LogP contribution in [0.4, 0.5) is 0 Å². The topological polar surface area (TPSA) is 79.4 Å². The standard InChI is InChI=1S/C14H21N3O3S/c1-17(13-5-9-21(19,20)11-13)8-4-14(18)16-10-12-2-6-15-7-3-12/h2-3,6-7,13H,4-5,8-11H2,1H3,(H,16,18). The van der Waals surface area contributed by atoms with Gasteiger partial charge in [0.25, 0.3) is 0 Å². The highest BCUT2D eigenvalue weighted by Crippen LogP contribution is 2.16. The molecular formula is C14H21N3O3S. The van der Waals surface area contributed by atoms with E-state index in [9.17, 15) is 13.2 Å². The molecule has 1 fully saturated rings. The van der Waals surface area contributed by atoms with Crippen molar-refractivity contribution >= 4 is 15.7 Å². The normalized spacial score (nSPS) is 20.6. The Morgan fingerprint density at radius 2 is 2.14 bits per heavy atom. The lowest BCUT2D eigenvalue weighted by atomic mass is 10.2. The molecule has 2 rings (SSSR count). The van der Waals surface area contributed by atoms with Gasteiger partial charge in [0.15, 0.2) is 9.84 Å². The Morgan fingerprint density at radius 3 is 2.76 bits per heavy atom. The van der Waals surface area contributed by atoms with E-state index in [2.05, 4.69) is 10.3 Å². The van der Waals surface area contributed by atoms with E-state index in [0.29, 0.717) is 25.9 Å². The summed E-state index contributed by atoms with van der Waals surface area (Å²) in [7, 11) is -0.997. The number of pyridine rings is 1. The third kappa shape index (κ3) is 5.09. The Morgan fingerprint density at radius 1 is 1.43 bits per heavy atom. The van der Waals surface area contributed by atoms with E-state index in [0.717, 1.165) is 5.56 Å². The molecule has 0 aromatic carbocycles. The highest BCUT2D eigenvalue weighted by atomic mass is 32.2. The largest absolute Gasteiger partial charge is 0.352 e. The number of carbonyl (C=O) groups is 1. The molecule has 0 saturated carbocycles. The molecule has 1 unspecified atom stereocenters. The fourth-order valence-electron chi connectivity index (χ4n) is 2.37. The molecule has 1 aromatic rings. The van der Waals surface area contributed by atoms with Crippen LogP contribution in [0.25, 0.3) is 0 Å². The number of carbonyl (C=O) groups excluding carboxylic acids is 1. The van der Waals surface area contributed by atoms with E-state index in [1.165, 1.54) is 0 Å². The van der Waals surface area contributed by atoms with Gasteiger partial charge in [0.2, 0.25) is 5.91 Å². The van der Waals surface area contributed by atoms with Crippen molar-refractivity contribution in [1.29, 1.82) is 0 Å². The summed E-state index contributed by atoms with van der Waals surface area (Å²) in [6, 6.07) is 3.76. The van der Waals surface area contributed by atoms with Gasteiger partial charge in [0.05, 0.1) is 11.5 Å². The zero-order valence-corrected chi connectivity index (χ0v) is 13.0. The molecule has 1 aromatic heterocycles. The summed E-state index contributed by atoms with van der Waals surface area (Å²) in [6.07, 6.45) is 4.42. The molecule has 1 N–H and O–H groups in total. The third-order valence-electron chi connectivity index (χ3n) is 3.76. The SMILES string of the molecule is CN(CCC(=O)NCc1ccncc1)C1CCS(=O)(=O)C1. The van der Waals surface area contributed by atoms with E-state index < -0.39 is 9.84 Å². The van der Waals surface area contributed by atoms with Gasteiger partial charge in [0, 0.05) is 37.9 Å². The number of sulfone groups is 1. The molecule has 0 radical (unpaired) electrons. The Balaban J connectivity index is 1.69. The minimum atomic E-state index is -2.87. The molecule has 1 aliphatic heterocycles. The van der Waals surface area contributed by atoms with Crippen LogP contribution >= 0.6 is 0 Å². The average Bonchev–Trinajstić information content (AvgIpc) is 2.84. The van der Waals surface area contributed by atoms with Crippen LogP contribution in [0.1, 0.15) is 18.4 Å². The summed E-state index contributed by atoms with van der Waals surface area (Å²) in [6.45, 7) is 1.06. The highest BCUT2D eigenvalue weighted by molar-refractivity contribution is 7.91. The number of aromatic nitrogens is 1. The van der Waals surface area contributed by atoms with Gasteiger partial charge in [0.1, 0.15) is 0 Å². The van der Waals surface area contributed by atoms with E-state index in [4.69, 9.17) is 0 Å². The predicted molar refractivity (Wildman–Crippen MR) is 80.4 cm³/mol. The van der Waals surface area contributed by atoms with Gasteiger partial charge in [-0.25, -0.2) is 8.42 Å². The molecule has 1 amide bonds. The van der Waals surface area contributed by atoms with E-state index >= 15 is 0 Å².